The van der Waals surface area contributed by atoms with E-state index in [4.69, 9.17) is 16.3 Å². The lowest BCUT2D eigenvalue weighted by atomic mass is 10.2. The minimum atomic E-state index is -0.571. The fourth-order valence-electron chi connectivity index (χ4n) is 2.18. The minimum absolute atomic E-state index is 0.0935. The van der Waals surface area contributed by atoms with E-state index in [-0.39, 0.29) is 17.9 Å². The first-order chi connectivity index (χ1) is 11.3. The SMILES string of the molecule is CCOc1ccc(NC(=O)Cn2nc(C)c(Cl)c2C)c([N+](=O)[O-])c1. The number of aromatic nitrogens is 2. The Morgan fingerprint density at radius 2 is 2.17 bits per heavy atom. The van der Waals surface area contributed by atoms with Crippen molar-refractivity contribution < 1.29 is 14.5 Å². The van der Waals surface area contributed by atoms with E-state index in [0.717, 1.165) is 0 Å². The van der Waals surface area contributed by atoms with Gasteiger partial charge in [0.25, 0.3) is 5.69 Å². The summed E-state index contributed by atoms with van der Waals surface area (Å²) in [6.07, 6.45) is 0. The van der Waals surface area contributed by atoms with Gasteiger partial charge in [0.15, 0.2) is 0 Å². The molecule has 0 spiro atoms. The molecule has 0 fully saturated rings. The van der Waals surface area contributed by atoms with Gasteiger partial charge in [0, 0.05) is 0 Å². The van der Waals surface area contributed by atoms with E-state index < -0.39 is 10.8 Å². The van der Waals surface area contributed by atoms with E-state index in [9.17, 15) is 14.9 Å². The zero-order valence-electron chi connectivity index (χ0n) is 13.5. The van der Waals surface area contributed by atoms with Gasteiger partial charge in [-0.05, 0) is 32.9 Å². The van der Waals surface area contributed by atoms with Crippen molar-refractivity contribution in [1.29, 1.82) is 0 Å². The molecule has 0 aliphatic carbocycles. The monoisotopic (exact) mass is 352 g/mol. The number of nitro groups is 1. The molecule has 9 heteroatoms. The number of benzene rings is 1. The molecule has 1 heterocycles. The van der Waals surface area contributed by atoms with Gasteiger partial charge in [0.1, 0.15) is 18.0 Å². The molecule has 0 bridgehead atoms. The highest BCUT2D eigenvalue weighted by Gasteiger charge is 2.18. The number of halogens is 1. The molecule has 24 heavy (non-hydrogen) atoms. The molecule has 0 aliphatic heterocycles. The van der Waals surface area contributed by atoms with Crippen LogP contribution >= 0.6 is 11.6 Å². The van der Waals surface area contributed by atoms with Crippen LogP contribution in [0.25, 0.3) is 0 Å². The van der Waals surface area contributed by atoms with Gasteiger partial charge < -0.3 is 10.1 Å². The first kappa shape index (κ1) is 17.7. The normalized spacial score (nSPS) is 10.5. The van der Waals surface area contributed by atoms with Crippen LogP contribution < -0.4 is 10.1 Å². The predicted molar refractivity (Wildman–Crippen MR) is 89.6 cm³/mol. The summed E-state index contributed by atoms with van der Waals surface area (Å²) in [7, 11) is 0. The van der Waals surface area contributed by atoms with Crippen molar-refractivity contribution in [3.8, 4) is 5.75 Å². The molecule has 1 amide bonds. The highest BCUT2D eigenvalue weighted by Crippen LogP contribution is 2.29. The molecule has 1 aromatic carbocycles. The van der Waals surface area contributed by atoms with Gasteiger partial charge in [-0.25, -0.2) is 0 Å². The number of ether oxygens (including phenoxy) is 1. The van der Waals surface area contributed by atoms with Crippen molar-refractivity contribution in [2.24, 2.45) is 0 Å². The fourth-order valence-corrected chi connectivity index (χ4v) is 2.31. The van der Waals surface area contributed by atoms with Crippen molar-refractivity contribution in [1.82, 2.24) is 9.78 Å². The number of carbonyl (C=O) groups excluding carboxylic acids is 1. The molecule has 8 nitrogen and oxygen atoms in total. The van der Waals surface area contributed by atoms with Crippen molar-refractivity contribution in [2.75, 3.05) is 11.9 Å². The highest BCUT2D eigenvalue weighted by atomic mass is 35.5. The van der Waals surface area contributed by atoms with E-state index in [2.05, 4.69) is 10.4 Å². The number of nitrogens with zero attached hydrogens (tertiary/aromatic N) is 3. The minimum Gasteiger partial charge on any atom is -0.494 e. The average Bonchev–Trinajstić information content (AvgIpc) is 2.76. The van der Waals surface area contributed by atoms with Crippen LogP contribution in [0, 0.1) is 24.0 Å². The van der Waals surface area contributed by atoms with Crippen LogP contribution in [0.2, 0.25) is 5.02 Å². The number of aryl methyl sites for hydroxylation is 1. The third-order valence-corrected chi connectivity index (χ3v) is 3.88. The number of amides is 1. The quantitative estimate of drug-likeness (QED) is 0.636. The van der Waals surface area contributed by atoms with Gasteiger partial charge in [0.05, 0.1) is 34.0 Å². The molecule has 0 radical (unpaired) electrons. The van der Waals surface area contributed by atoms with Gasteiger partial charge in [-0.15, -0.1) is 0 Å². The molecule has 0 saturated heterocycles. The predicted octanol–water partition coefficient (Wildman–Crippen LogP) is 3.10. The number of rotatable bonds is 6. The molecular weight excluding hydrogens is 336 g/mol. The summed E-state index contributed by atoms with van der Waals surface area (Å²) in [4.78, 5) is 22.8. The second-order valence-corrected chi connectivity index (χ2v) is 5.44. The summed E-state index contributed by atoms with van der Waals surface area (Å²) in [5.74, 6) is -0.0722. The van der Waals surface area contributed by atoms with Crippen LogP contribution in [0.5, 0.6) is 5.75 Å². The van der Waals surface area contributed by atoms with Crippen LogP contribution in [0.1, 0.15) is 18.3 Å². The van der Waals surface area contributed by atoms with E-state index in [1.54, 1.807) is 26.8 Å². The lowest BCUT2D eigenvalue weighted by molar-refractivity contribution is -0.384. The van der Waals surface area contributed by atoms with E-state index in [0.29, 0.717) is 28.8 Å². The van der Waals surface area contributed by atoms with Gasteiger partial charge >= 0.3 is 0 Å². The van der Waals surface area contributed by atoms with Gasteiger partial charge in [-0.3, -0.25) is 19.6 Å². The van der Waals surface area contributed by atoms with Crippen LogP contribution in [0.15, 0.2) is 18.2 Å². The summed E-state index contributed by atoms with van der Waals surface area (Å²) in [6, 6.07) is 4.28. The molecule has 1 N–H and O–H groups in total. The second-order valence-electron chi connectivity index (χ2n) is 5.06. The van der Waals surface area contributed by atoms with E-state index >= 15 is 0 Å². The summed E-state index contributed by atoms with van der Waals surface area (Å²) < 4.78 is 6.69. The summed E-state index contributed by atoms with van der Waals surface area (Å²) in [5.41, 5.74) is 1.14. The highest BCUT2D eigenvalue weighted by molar-refractivity contribution is 6.31. The Bertz CT molecular complexity index is 788. The molecule has 0 unspecified atom stereocenters. The number of hydrogen-bond acceptors (Lipinski definition) is 5. The third kappa shape index (κ3) is 3.83. The summed E-state index contributed by atoms with van der Waals surface area (Å²) >= 11 is 6.04. The zero-order valence-corrected chi connectivity index (χ0v) is 14.3. The Morgan fingerprint density at radius 1 is 1.46 bits per heavy atom. The molecule has 2 rings (SSSR count). The molecule has 0 saturated carbocycles. The Morgan fingerprint density at radius 3 is 2.71 bits per heavy atom. The Labute approximate surface area is 143 Å². The molecule has 0 atom stereocenters. The standard InChI is InChI=1S/C15H17ClN4O4/c1-4-24-11-5-6-12(13(7-11)20(22)23)17-14(21)8-19-10(3)15(16)9(2)18-19/h5-7H,4,8H2,1-3H3,(H,17,21). The van der Waals surface area contributed by atoms with Crippen LogP contribution in [-0.2, 0) is 11.3 Å². The molecular formula is C15H17ClN4O4. The lowest BCUT2D eigenvalue weighted by Gasteiger charge is -2.09. The van der Waals surface area contributed by atoms with Crippen molar-refractivity contribution in [2.45, 2.75) is 27.3 Å². The van der Waals surface area contributed by atoms with Crippen molar-refractivity contribution in [3.05, 3.63) is 44.7 Å². The summed E-state index contributed by atoms with van der Waals surface area (Å²) in [5, 5.41) is 18.4. The lowest BCUT2D eigenvalue weighted by Crippen LogP contribution is -2.20. The number of nitrogens with one attached hydrogen (secondary N) is 1. The first-order valence-electron chi connectivity index (χ1n) is 7.24. The number of carbonyl (C=O) groups is 1. The van der Waals surface area contributed by atoms with E-state index in [1.165, 1.54) is 16.8 Å². The van der Waals surface area contributed by atoms with Gasteiger partial charge in [0.2, 0.25) is 5.91 Å². The molecule has 2 aromatic rings. The topological polar surface area (TPSA) is 99.3 Å². The van der Waals surface area contributed by atoms with E-state index in [1.807, 2.05) is 0 Å². The second kappa shape index (κ2) is 7.31. The Kier molecular flexibility index (Phi) is 5.40. The smallest absolute Gasteiger partial charge is 0.296 e. The van der Waals surface area contributed by atoms with Gasteiger partial charge in [-0.2, -0.15) is 5.10 Å². The largest absolute Gasteiger partial charge is 0.494 e. The van der Waals surface area contributed by atoms with Crippen molar-refractivity contribution in [3.63, 3.8) is 0 Å². The maximum absolute atomic E-state index is 12.2. The maximum atomic E-state index is 12.2. The molecule has 0 aliphatic rings. The number of nitro benzene ring substituents is 1. The maximum Gasteiger partial charge on any atom is 0.296 e. The first-order valence-corrected chi connectivity index (χ1v) is 7.61. The van der Waals surface area contributed by atoms with Crippen LogP contribution in [-0.4, -0.2) is 27.2 Å². The van der Waals surface area contributed by atoms with Gasteiger partial charge in [-0.1, -0.05) is 11.6 Å². The number of anilines is 1. The van der Waals surface area contributed by atoms with Crippen molar-refractivity contribution >= 4 is 28.9 Å². The third-order valence-electron chi connectivity index (χ3n) is 3.34. The fraction of sp³-hybridized carbons (Fsp3) is 0.333. The number of hydrogen-bond donors (Lipinski definition) is 1. The average molecular weight is 353 g/mol. The molecule has 1 aromatic heterocycles. The Hall–Kier alpha value is -2.61. The molecule has 128 valence electrons. The Balaban J connectivity index is 2.19. The summed E-state index contributed by atoms with van der Waals surface area (Å²) in [6.45, 7) is 5.56. The zero-order chi connectivity index (χ0) is 17.9. The van der Waals surface area contributed by atoms with Crippen LogP contribution in [0.3, 0.4) is 0 Å². The van der Waals surface area contributed by atoms with Crippen LogP contribution in [0.4, 0.5) is 11.4 Å².